The van der Waals surface area contributed by atoms with Gasteiger partial charge in [0.2, 0.25) is 0 Å². The normalized spacial score (nSPS) is 11.2. The van der Waals surface area contributed by atoms with E-state index in [4.69, 9.17) is 5.26 Å². The van der Waals surface area contributed by atoms with Crippen LogP contribution in [0.1, 0.15) is 36.1 Å². The smallest absolute Gasteiger partial charge is 0.101 e. The molecule has 0 aliphatic carbocycles. The van der Waals surface area contributed by atoms with Crippen LogP contribution in [-0.4, -0.2) is 5.54 Å². The van der Waals surface area contributed by atoms with E-state index in [1.807, 2.05) is 13.8 Å². The molecule has 0 bridgehead atoms. The highest BCUT2D eigenvalue weighted by Crippen LogP contribution is 2.17. The molecule has 2 nitrogen and oxygen atoms in total. The SMILES string of the molecule is Cc1ccc(CNC(C)(C)C#N)c(C)c1C. The monoisotopic (exact) mass is 216 g/mol. The first-order valence-corrected chi connectivity index (χ1v) is 5.59. The van der Waals surface area contributed by atoms with Crippen LogP contribution >= 0.6 is 0 Å². The second-order valence-electron chi connectivity index (χ2n) is 4.88. The lowest BCUT2D eigenvalue weighted by atomic mass is 9.98. The van der Waals surface area contributed by atoms with Crippen LogP contribution in [0.25, 0.3) is 0 Å². The molecule has 1 aromatic carbocycles. The highest BCUT2D eigenvalue weighted by atomic mass is 14.9. The number of nitriles is 1. The Balaban J connectivity index is 2.85. The fourth-order valence-electron chi connectivity index (χ4n) is 1.56. The van der Waals surface area contributed by atoms with E-state index < -0.39 is 5.54 Å². The van der Waals surface area contributed by atoms with Gasteiger partial charge in [0, 0.05) is 6.54 Å². The Kier molecular flexibility index (Phi) is 3.72. The van der Waals surface area contributed by atoms with E-state index in [2.05, 4.69) is 44.3 Å². The Labute approximate surface area is 98.3 Å². The van der Waals surface area contributed by atoms with Crippen LogP contribution in [0, 0.1) is 32.1 Å². The molecule has 0 heterocycles. The lowest BCUT2D eigenvalue weighted by Crippen LogP contribution is -2.37. The van der Waals surface area contributed by atoms with Crippen molar-refractivity contribution in [2.75, 3.05) is 0 Å². The van der Waals surface area contributed by atoms with Crippen molar-refractivity contribution in [3.8, 4) is 6.07 Å². The first-order chi connectivity index (χ1) is 7.37. The Morgan fingerprint density at radius 3 is 2.38 bits per heavy atom. The predicted molar refractivity (Wildman–Crippen MR) is 67.2 cm³/mol. The number of hydrogen-bond acceptors (Lipinski definition) is 2. The number of aryl methyl sites for hydroxylation is 1. The summed E-state index contributed by atoms with van der Waals surface area (Å²) in [4.78, 5) is 0. The van der Waals surface area contributed by atoms with Gasteiger partial charge in [-0.2, -0.15) is 5.26 Å². The van der Waals surface area contributed by atoms with Gasteiger partial charge in [-0.25, -0.2) is 0 Å². The van der Waals surface area contributed by atoms with Gasteiger partial charge in [0.25, 0.3) is 0 Å². The molecule has 1 aromatic rings. The number of rotatable bonds is 3. The van der Waals surface area contributed by atoms with E-state index in [0.29, 0.717) is 0 Å². The molecule has 0 aromatic heterocycles. The summed E-state index contributed by atoms with van der Waals surface area (Å²) >= 11 is 0. The van der Waals surface area contributed by atoms with Gasteiger partial charge >= 0.3 is 0 Å². The van der Waals surface area contributed by atoms with Crippen molar-refractivity contribution < 1.29 is 0 Å². The number of nitrogens with zero attached hydrogens (tertiary/aromatic N) is 1. The van der Waals surface area contributed by atoms with Crippen LogP contribution in [-0.2, 0) is 6.54 Å². The summed E-state index contributed by atoms with van der Waals surface area (Å²) in [6, 6.07) is 6.52. The third-order valence-electron chi connectivity index (χ3n) is 3.17. The molecule has 86 valence electrons. The summed E-state index contributed by atoms with van der Waals surface area (Å²) in [6.07, 6.45) is 0. The highest BCUT2D eigenvalue weighted by Gasteiger charge is 2.15. The summed E-state index contributed by atoms with van der Waals surface area (Å²) in [5.41, 5.74) is 4.79. The average Bonchev–Trinajstić information content (AvgIpc) is 2.25. The molecule has 0 aliphatic heterocycles. The van der Waals surface area contributed by atoms with Crippen LogP contribution in [0.5, 0.6) is 0 Å². The van der Waals surface area contributed by atoms with Crippen molar-refractivity contribution in [3.63, 3.8) is 0 Å². The number of benzene rings is 1. The van der Waals surface area contributed by atoms with Crippen LogP contribution in [0.2, 0.25) is 0 Å². The molecule has 0 amide bonds. The second-order valence-corrected chi connectivity index (χ2v) is 4.88. The number of nitrogens with one attached hydrogen (secondary N) is 1. The molecule has 1 rings (SSSR count). The molecule has 1 N–H and O–H groups in total. The van der Waals surface area contributed by atoms with Crippen LogP contribution in [0.4, 0.5) is 0 Å². The summed E-state index contributed by atoms with van der Waals surface area (Å²) < 4.78 is 0. The zero-order valence-corrected chi connectivity index (χ0v) is 10.8. The van der Waals surface area contributed by atoms with E-state index >= 15 is 0 Å². The Morgan fingerprint density at radius 1 is 1.19 bits per heavy atom. The quantitative estimate of drug-likeness (QED) is 0.843. The molecule has 0 spiro atoms. The van der Waals surface area contributed by atoms with Crippen molar-refractivity contribution in [2.45, 2.75) is 46.7 Å². The Morgan fingerprint density at radius 2 is 1.81 bits per heavy atom. The van der Waals surface area contributed by atoms with Crippen LogP contribution in [0.15, 0.2) is 12.1 Å². The highest BCUT2D eigenvalue weighted by molar-refractivity contribution is 5.38. The molecule has 2 heteroatoms. The molecule has 0 unspecified atom stereocenters. The average molecular weight is 216 g/mol. The predicted octanol–water partition coefficient (Wildman–Crippen LogP) is 3.00. The zero-order chi connectivity index (χ0) is 12.3. The van der Waals surface area contributed by atoms with E-state index in [0.717, 1.165) is 6.54 Å². The van der Waals surface area contributed by atoms with Crippen molar-refractivity contribution in [1.82, 2.24) is 5.32 Å². The van der Waals surface area contributed by atoms with Gasteiger partial charge in [-0.1, -0.05) is 12.1 Å². The third kappa shape index (κ3) is 2.84. The molecule has 0 fully saturated rings. The molecule has 16 heavy (non-hydrogen) atoms. The van der Waals surface area contributed by atoms with Gasteiger partial charge in [-0.3, -0.25) is 5.32 Å². The van der Waals surface area contributed by atoms with Gasteiger partial charge in [0.15, 0.2) is 0 Å². The summed E-state index contributed by atoms with van der Waals surface area (Å²) in [6.45, 7) is 10.9. The minimum Gasteiger partial charge on any atom is -0.296 e. The molecule has 0 atom stereocenters. The fraction of sp³-hybridized carbons (Fsp3) is 0.500. The molecule has 0 radical (unpaired) electrons. The third-order valence-corrected chi connectivity index (χ3v) is 3.17. The minimum atomic E-state index is -0.467. The van der Waals surface area contributed by atoms with Crippen molar-refractivity contribution >= 4 is 0 Å². The molecular weight excluding hydrogens is 196 g/mol. The summed E-state index contributed by atoms with van der Waals surface area (Å²) in [7, 11) is 0. The Hall–Kier alpha value is -1.33. The standard InChI is InChI=1S/C14H20N2/c1-10-6-7-13(12(3)11(10)2)8-16-14(4,5)9-15/h6-7,16H,8H2,1-5H3. The number of hydrogen-bond donors (Lipinski definition) is 1. The fourth-order valence-corrected chi connectivity index (χ4v) is 1.56. The topological polar surface area (TPSA) is 35.8 Å². The lowest BCUT2D eigenvalue weighted by molar-refractivity contribution is 0.484. The molecule has 0 saturated carbocycles. The maximum Gasteiger partial charge on any atom is 0.101 e. The van der Waals surface area contributed by atoms with E-state index in [1.54, 1.807) is 0 Å². The van der Waals surface area contributed by atoms with E-state index in [1.165, 1.54) is 22.3 Å². The molecule has 0 saturated heterocycles. The van der Waals surface area contributed by atoms with Crippen molar-refractivity contribution in [2.24, 2.45) is 0 Å². The van der Waals surface area contributed by atoms with Gasteiger partial charge < -0.3 is 0 Å². The summed E-state index contributed by atoms with van der Waals surface area (Å²) in [5, 5.41) is 12.2. The largest absolute Gasteiger partial charge is 0.296 e. The van der Waals surface area contributed by atoms with E-state index in [-0.39, 0.29) is 0 Å². The van der Waals surface area contributed by atoms with Gasteiger partial charge in [0.05, 0.1) is 6.07 Å². The zero-order valence-electron chi connectivity index (χ0n) is 10.8. The first-order valence-electron chi connectivity index (χ1n) is 5.59. The second kappa shape index (κ2) is 4.67. The summed E-state index contributed by atoms with van der Waals surface area (Å²) in [5.74, 6) is 0. The maximum absolute atomic E-state index is 8.93. The lowest BCUT2D eigenvalue weighted by Gasteiger charge is -2.19. The Bertz CT molecular complexity index is 425. The molecular formula is C14H20N2. The first kappa shape index (κ1) is 12.7. The van der Waals surface area contributed by atoms with Crippen molar-refractivity contribution in [1.29, 1.82) is 5.26 Å². The van der Waals surface area contributed by atoms with Gasteiger partial charge in [-0.15, -0.1) is 0 Å². The van der Waals surface area contributed by atoms with E-state index in [9.17, 15) is 0 Å². The van der Waals surface area contributed by atoms with Gasteiger partial charge in [0.1, 0.15) is 5.54 Å². The minimum absolute atomic E-state index is 0.467. The maximum atomic E-state index is 8.93. The molecule has 0 aliphatic rings. The van der Waals surface area contributed by atoms with Crippen molar-refractivity contribution in [3.05, 3.63) is 34.4 Å². The van der Waals surface area contributed by atoms with Gasteiger partial charge in [-0.05, 0) is 56.9 Å². The van der Waals surface area contributed by atoms with Crippen LogP contribution < -0.4 is 5.32 Å². The van der Waals surface area contributed by atoms with Crippen LogP contribution in [0.3, 0.4) is 0 Å².